The Hall–Kier alpha value is -3.74. The second-order valence-corrected chi connectivity index (χ2v) is 6.19. The normalized spacial score (nSPS) is 10.8. The highest BCUT2D eigenvalue weighted by molar-refractivity contribution is 6.09. The first-order valence-electron chi connectivity index (χ1n) is 7.98. The molecule has 3 rings (SSSR count). The molecule has 0 spiro atoms. The molecule has 0 radical (unpaired) electrons. The topological polar surface area (TPSA) is 78.7 Å². The molecule has 0 amide bonds. The van der Waals surface area contributed by atoms with E-state index < -0.39 is 57.2 Å². The van der Waals surface area contributed by atoms with E-state index in [2.05, 4.69) is 5.10 Å². The SMILES string of the molecule is Cc1cc(F)cc(C(=O)c2c(C)[nH]n(-c3c(F)c(F)c(C#N)c(F)c3F)c2=O)c1. The Morgan fingerprint density at radius 3 is 2.10 bits per heavy atom. The highest BCUT2D eigenvalue weighted by atomic mass is 19.2. The van der Waals surface area contributed by atoms with E-state index in [0.717, 1.165) is 18.2 Å². The molecule has 0 aliphatic rings. The van der Waals surface area contributed by atoms with Crippen LogP contribution in [0, 0.1) is 54.3 Å². The maximum atomic E-state index is 14.3. The quantitative estimate of drug-likeness (QED) is 0.410. The molecule has 0 aliphatic heterocycles. The van der Waals surface area contributed by atoms with Crippen LogP contribution < -0.4 is 5.56 Å². The molecular weight excluding hydrogens is 397 g/mol. The van der Waals surface area contributed by atoms with Crippen LogP contribution in [0.4, 0.5) is 22.0 Å². The molecular formula is C19H10F5N3O2. The van der Waals surface area contributed by atoms with Gasteiger partial charge in [0, 0.05) is 11.3 Å². The summed E-state index contributed by atoms with van der Waals surface area (Å²) in [7, 11) is 0. The summed E-state index contributed by atoms with van der Waals surface area (Å²) in [6, 6.07) is 4.30. The number of carbonyl (C=O) groups excluding carboxylic acids is 1. The number of aromatic amines is 1. The number of nitrogens with one attached hydrogen (secondary N) is 1. The lowest BCUT2D eigenvalue weighted by molar-refractivity contribution is 0.103. The van der Waals surface area contributed by atoms with Gasteiger partial charge in [-0.15, -0.1) is 0 Å². The standard InChI is InChI=1S/C19H10F5N3O2/c1-7-3-9(5-10(20)4-7)18(28)12-8(2)26-27(19(12)29)17-15(23)13(21)11(6-25)14(22)16(17)24/h3-5,26H,1-2H3. The third-order valence-electron chi connectivity index (χ3n) is 4.18. The van der Waals surface area contributed by atoms with Gasteiger partial charge in [-0.1, -0.05) is 0 Å². The van der Waals surface area contributed by atoms with E-state index in [0.29, 0.717) is 5.56 Å². The summed E-state index contributed by atoms with van der Waals surface area (Å²) in [6.07, 6.45) is 0. The predicted octanol–water partition coefficient (Wildman–Crippen LogP) is 3.58. The largest absolute Gasteiger partial charge is 0.294 e. The van der Waals surface area contributed by atoms with Crippen molar-refractivity contribution in [2.45, 2.75) is 13.8 Å². The summed E-state index contributed by atoms with van der Waals surface area (Å²) >= 11 is 0. The zero-order valence-electron chi connectivity index (χ0n) is 14.8. The van der Waals surface area contributed by atoms with Crippen molar-refractivity contribution in [2.75, 3.05) is 0 Å². The smallest absolute Gasteiger partial charge is 0.282 e. The lowest BCUT2D eigenvalue weighted by Gasteiger charge is -2.08. The van der Waals surface area contributed by atoms with E-state index in [1.165, 1.54) is 19.9 Å². The van der Waals surface area contributed by atoms with Crippen molar-refractivity contribution in [1.82, 2.24) is 9.78 Å². The van der Waals surface area contributed by atoms with Gasteiger partial charge in [0.2, 0.25) is 5.78 Å². The fourth-order valence-corrected chi connectivity index (χ4v) is 2.90. The molecule has 2 aromatic carbocycles. The van der Waals surface area contributed by atoms with Gasteiger partial charge in [-0.25, -0.2) is 26.6 Å². The van der Waals surface area contributed by atoms with Gasteiger partial charge in [0.05, 0.1) is 0 Å². The Kier molecular flexibility index (Phi) is 4.84. The van der Waals surface area contributed by atoms with Crippen molar-refractivity contribution in [1.29, 1.82) is 5.26 Å². The van der Waals surface area contributed by atoms with Gasteiger partial charge in [-0.2, -0.15) is 5.26 Å². The van der Waals surface area contributed by atoms with Crippen LogP contribution in [0.3, 0.4) is 0 Å². The molecule has 0 saturated carbocycles. The maximum Gasteiger partial charge on any atom is 0.282 e. The molecule has 0 atom stereocenters. The molecule has 0 bridgehead atoms. The summed E-state index contributed by atoms with van der Waals surface area (Å²) in [5, 5.41) is 10.8. The minimum absolute atomic E-state index is 0.118. The summed E-state index contributed by atoms with van der Waals surface area (Å²) in [6.45, 7) is 2.72. The number of H-pyrrole nitrogens is 1. The third-order valence-corrected chi connectivity index (χ3v) is 4.18. The van der Waals surface area contributed by atoms with Gasteiger partial charge in [-0.05, 0) is 37.6 Å². The summed E-state index contributed by atoms with van der Waals surface area (Å²) in [5.41, 5.74) is -4.85. The molecule has 29 heavy (non-hydrogen) atoms. The number of ketones is 1. The number of nitrogens with zero attached hydrogens (tertiary/aromatic N) is 2. The number of hydrogen-bond acceptors (Lipinski definition) is 3. The summed E-state index contributed by atoms with van der Waals surface area (Å²) in [4.78, 5) is 25.3. The second kappa shape index (κ2) is 7.01. The molecule has 0 unspecified atom stereocenters. The monoisotopic (exact) mass is 407 g/mol. The summed E-state index contributed by atoms with van der Waals surface area (Å²) in [5.74, 6) is -9.67. The van der Waals surface area contributed by atoms with Crippen molar-refractivity contribution in [3.63, 3.8) is 0 Å². The molecule has 1 N–H and O–H groups in total. The van der Waals surface area contributed by atoms with Crippen LogP contribution in [0.15, 0.2) is 23.0 Å². The third kappa shape index (κ3) is 3.10. The molecule has 0 saturated heterocycles. The van der Waals surface area contributed by atoms with Crippen molar-refractivity contribution in [2.24, 2.45) is 0 Å². The molecule has 0 aliphatic carbocycles. The highest BCUT2D eigenvalue weighted by Gasteiger charge is 2.30. The zero-order valence-corrected chi connectivity index (χ0v) is 14.8. The first-order chi connectivity index (χ1) is 13.6. The Bertz CT molecular complexity index is 1240. The van der Waals surface area contributed by atoms with Crippen molar-refractivity contribution in [3.8, 4) is 11.8 Å². The van der Waals surface area contributed by atoms with Crippen LogP contribution in [0.5, 0.6) is 0 Å². The fourth-order valence-electron chi connectivity index (χ4n) is 2.90. The van der Waals surface area contributed by atoms with Gasteiger partial charge in [-0.3, -0.25) is 14.7 Å². The number of hydrogen-bond donors (Lipinski definition) is 1. The van der Waals surface area contributed by atoms with E-state index >= 15 is 0 Å². The minimum atomic E-state index is -2.00. The number of nitriles is 1. The average Bonchev–Trinajstić information content (AvgIpc) is 2.93. The Morgan fingerprint density at radius 2 is 1.59 bits per heavy atom. The van der Waals surface area contributed by atoms with Gasteiger partial charge in [0.15, 0.2) is 23.3 Å². The van der Waals surface area contributed by atoms with E-state index in [9.17, 15) is 31.5 Å². The van der Waals surface area contributed by atoms with Crippen LogP contribution in [-0.4, -0.2) is 15.6 Å². The molecule has 3 aromatic rings. The Balaban J connectivity index is 2.26. The number of benzene rings is 2. The Labute approximate surface area is 159 Å². The maximum absolute atomic E-state index is 14.3. The fraction of sp³-hybridized carbons (Fsp3) is 0.105. The van der Waals surface area contributed by atoms with E-state index in [1.54, 1.807) is 0 Å². The Morgan fingerprint density at radius 1 is 1.00 bits per heavy atom. The highest BCUT2D eigenvalue weighted by Crippen LogP contribution is 2.26. The predicted molar refractivity (Wildman–Crippen MR) is 90.2 cm³/mol. The van der Waals surface area contributed by atoms with Gasteiger partial charge >= 0.3 is 0 Å². The lowest BCUT2D eigenvalue weighted by atomic mass is 10.0. The van der Waals surface area contributed by atoms with Crippen molar-refractivity contribution >= 4 is 5.78 Å². The average molecular weight is 407 g/mol. The number of rotatable bonds is 3. The molecule has 148 valence electrons. The number of aromatic nitrogens is 2. The molecule has 10 heteroatoms. The van der Waals surface area contributed by atoms with Crippen molar-refractivity contribution in [3.05, 3.63) is 85.6 Å². The van der Waals surface area contributed by atoms with Crippen molar-refractivity contribution < 1.29 is 26.7 Å². The lowest BCUT2D eigenvalue weighted by Crippen LogP contribution is -2.24. The van der Waals surface area contributed by atoms with Gasteiger partial charge in [0.1, 0.15) is 28.7 Å². The number of aryl methyl sites for hydroxylation is 2. The zero-order chi connectivity index (χ0) is 21.6. The molecule has 1 heterocycles. The van der Waals surface area contributed by atoms with Crippen LogP contribution in [0.1, 0.15) is 32.7 Å². The van der Waals surface area contributed by atoms with E-state index in [-0.39, 0.29) is 15.9 Å². The van der Waals surface area contributed by atoms with Crippen LogP contribution >= 0.6 is 0 Å². The first kappa shape index (κ1) is 20.0. The summed E-state index contributed by atoms with van der Waals surface area (Å²) < 4.78 is 70.1. The molecule has 5 nitrogen and oxygen atoms in total. The molecule has 0 fully saturated rings. The number of halogens is 5. The number of carbonyl (C=O) groups is 1. The van der Waals surface area contributed by atoms with E-state index in [4.69, 9.17) is 5.26 Å². The first-order valence-corrected chi connectivity index (χ1v) is 7.98. The van der Waals surface area contributed by atoms with E-state index in [1.807, 2.05) is 0 Å². The van der Waals surface area contributed by atoms with Crippen LogP contribution in [-0.2, 0) is 0 Å². The van der Waals surface area contributed by atoms with Crippen LogP contribution in [0.2, 0.25) is 0 Å². The van der Waals surface area contributed by atoms with Gasteiger partial charge < -0.3 is 0 Å². The van der Waals surface area contributed by atoms with Crippen LogP contribution in [0.25, 0.3) is 5.69 Å². The second-order valence-electron chi connectivity index (χ2n) is 6.19. The molecule has 1 aromatic heterocycles. The van der Waals surface area contributed by atoms with Gasteiger partial charge in [0.25, 0.3) is 5.56 Å². The minimum Gasteiger partial charge on any atom is -0.294 e.